The molecule has 0 saturated heterocycles. The summed E-state index contributed by atoms with van der Waals surface area (Å²) < 4.78 is 16.6. The first-order valence-corrected chi connectivity index (χ1v) is 8.87. The summed E-state index contributed by atoms with van der Waals surface area (Å²) in [5.74, 6) is 0. The van der Waals surface area contributed by atoms with Crippen molar-refractivity contribution in [3.63, 3.8) is 0 Å². The standard InChI is InChI=1S/C17H21O4P/c1-21-22(19,20)14-17(18,12-15-8-4-2-5-9-15)13-16-10-6-3-7-11-16/h2-11,18H,12-14H2,1H3,(H,19,20). The van der Waals surface area contributed by atoms with Crippen LogP contribution >= 0.6 is 7.60 Å². The Morgan fingerprint density at radius 3 is 1.73 bits per heavy atom. The van der Waals surface area contributed by atoms with Crippen molar-refractivity contribution in [1.82, 2.24) is 0 Å². The molecular formula is C17H21O4P. The fourth-order valence-electron chi connectivity index (χ4n) is 2.56. The van der Waals surface area contributed by atoms with Gasteiger partial charge in [-0.3, -0.25) is 4.57 Å². The van der Waals surface area contributed by atoms with Crippen molar-refractivity contribution < 1.29 is 19.1 Å². The SMILES string of the molecule is COP(=O)(O)CC(O)(Cc1ccccc1)Cc1ccccc1. The molecule has 0 aromatic heterocycles. The summed E-state index contributed by atoms with van der Waals surface area (Å²) in [5, 5.41) is 11.0. The maximum atomic E-state index is 12.0. The summed E-state index contributed by atoms with van der Waals surface area (Å²) >= 11 is 0. The second kappa shape index (κ2) is 7.21. The van der Waals surface area contributed by atoms with E-state index in [1.165, 1.54) is 7.11 Å². The topological polar surface area (TPSA) is 66.8 Å². The van der Waals surface area contributed by atoms with E-state index in [1.807, 2.05) is 60.7 Å². The molecule has 2 aromatic carbocycles. The van der Waals surface area contributed by atoms with E-state index < -0.39 is 13.2 Å². The molecule has 22 heavy (non-hydrogen) atoms. The Labute approximate surface area is 130 Å². The van der Waals surface area contributed by atoms with Gasteiger partial charge in [0, 0.05) is 20.0 Å². The Hall–Kier alpha value is -1.45. The van der Waals surface area contributed by atoms with Crippen LogP contribution in [0.5, 0.6) is 0 Å². The summed E-state index contributed by atoms with van der Waals surface area (Å²) in [6.07, 6.45) is 0.271. The molecule has 118 valence electrons. The molecule has 2 aromatic rings. The number of benzene rings is 2. The van der Waals surface area contributed by atoms with E-state index in [4.69, 9.17) is 0 Å². The Bertz CT molecular complexity index is 586. The molecule has 0 aliphatic heterocycles. The average molecular weight is 320 g/mol. The highest BCUT2D eigenvalue weighted by Crippen LogP contribution is 2.45. The molecule has 0 radical (unpaired) electrons. The van der Waals surface area contributed by atoms with Gasteiger partial charge in [-0.2, -0.15) is 0 Å². The number of hydrogen-bond acceptors (Lipinski definition) is 3. The molecule has 0 amide bonds. The molecule has 1 unspecified atom stereocenters. The van der Waals surface area contributed by atoms with Crippen LogP contribution in [-0.4, -0.2) is 28.9 Å². The Balaban J connectivity index is 2.25. The van der Waals surface area contributed by atoms with Crippen molar-refractivity contribution >= 4 is 7.60 Å². The Morgan fingerprint density at radius 2 is 1.36 bits per heavy atom. The zero-order chi connectivity index (χ0) is 16.1. The van der Waals surface area contributed by atoms with Gasteiger partial charge in [0.2, 0.25) is 0 Å². The molecule has 2 rings (SSSR count). The van der Waals surface area contributed by atoms with E-state index in [0.29, 0.717) is 0 Å². The molecule has 0 fully saturated rings. The maximum absolute atomic E-state index is 12.0. The third-order valence-electron chi connectivity index (χ3n) is 3.53. The second-order valence-corrected chi connectivity index (χ2v) is 7.48. The third-order valence-corrected chi connectivity index (χ3v) is 5.09. The first-order valence-electron chi connectivity index (χ1n) is 7.10. The van der Waals surface area contributed by atoms with Gasteiger partial charge in [-0.1, -0.05) is 60.7 Å². The summed E-state index contributed by atoms with van der Waals surface area (Å²) in [4.78, 5) is 9.79. The van der Waals surface area contributed by atoms with Crippen LogP contribution in [0.2, 0.25) is 0 Å². The molecule has 0 heterocycles. The van der Waals surface area contributed by atoms with Crippen LogP contribution in [0.4, 0.5) is 0 Å². The second-order valence-electron chi connectivity index (χ2n) is 5.53. The highest BCUT2D eigenvalue weighted by molar-refractivity contribution is 7.52. The lowest BCUT2D eigenvalue weighted by molar-refractivity contribution is 0.0582. The van der Waals surface area contributed by atoms with Crippen LogP contribution in [0.25, 0.3) is 0 Å². The van der Waals surface area contributed by atoms with E-state index in [-0.39, 0.29) is 19.0 Å². The normalized spacial score (nSPS) is 14.5. The van der Waals surface area contributed by atoms with Gasteiger partial charge in [-0.15, -0.1) is 0 Å². The molecule has 4 nitrogen and oxygen atoms in total. The number of aliphatic hydroxyl groups is 1. The van der Waals surface area contributed by atoms with Crippen LogP contribution < -0.4 is 0 Å². The van der Waals surface area contributed by atoms with Crippen LogP contribution in [0, 0.1) is 0 Å². The number of hydrogen-bond donors (Lipinski definition) is 2. The zero-order valence-electron chi connectivity index (χ0n) is 12.6. The van der Waals surface area contributed by atoms with Gasteiger partial charge in [-0.25, -0.2) is 0 Å². The minimum atomic E-state index is -3.82. The van der Waals surface area contributed by atoms with E-state index in [9.17, 15) is 14.6 Å². The van der Waals surface area contributed by atoms with E-state index >= 15 is 0 Å². The van der Waals surface area contributed by atoms with Crippen LogP contribution in [0.15, 0.2) is 60.7 Å². The van der Waals surface area contributed by atoms with Crippen molar-refractivity contribution in [1.29, 1.82) is 0 Å². The highest BCUT2D eigenvalue weighted by atomic mass is 31.2. The minimum absolute atomic E-state index is 0.288. The molecule has 0 saturated carbocycles. The summed E-state index contributed by atoms with van der Waals surface area (Å²) in [7, 11) is -2.63. The molecule has 0 bridgehead atoms. The van der Waals surface area contributed by atoms with Crippen molar-refractivity contribution in [3.8, 4) is 0 Å². The lowest BCUT2D eigenvalue weighted by atomic mass is 9.89. The average Bonchev–Trinajstić information content (AvgIpc) is 2.48. The molecule has 2 N–H and O–H groups in total. The molecule has 1 atom stereocenters. The lowest BCUT2D eigenvalue weighted by Crippen LogP contribution is -2.38. The lowest BCUT2D eigenvalue weighted by Gasteiger charge is -2.29. The monoisotopic (exact) mass is 320 g/mol. The quantitative estimate of drug-likeness (QED) is 0.770. The van der Waals surface area contributed by atoms with E-state index in [0.717, 1.165) is 11.1 Å². The maximum Gasteiger partial charge on any atom is 0.330 e. The predicted molar refractivity (Wildman–Crippen MR) is 86.9 cm³/mol. The minimum Gasteiger partial charge on any atom is -0.389 e. The van der Waals surface area contributed by atoms with Gasteiger partial charge >= 0.3 is 7.60 Å². The molecule has 0 aliphatic carbocycles. The fourth-order valence-corrected chi connectivity index (χ4v) is 3.66. The van der Waals surface area contributed by atoms with Crippen LogP contribution in [0.1, 0.15) is 11.1 Å². The molecule has 5 heteroatoms. The summed E-state index contributed by atoms with van der Waals surface area (Å²) in [6.45, 7) is 0. The van der Waals surface area contributed by atoms with Gasteiger partial charge in [-0.05, 0) is 11.1 Å². The third kappa shape index (κ3) is 5.08. The number of rotatable bonds is 7. The summed E-state index contributed by atoms with van der Waals surface area (Å²) in [5.41, 5.74) is 0.484. The molecule has 0 spiro atoms. The van der Waals surface area contributed by atoms with Gasteiger partial charge in [0.15, 0.2) is 0 Å². The van der Waals surface area contributed by atoms with Crippen LogP contribution in [-0.2, 0) is 21.9 Å². The van der Waals surface area contributed by atoms with E-state index in [2.05, 4.69) is 4.52 Å². The van der Waals surface area contributed by atoms with Crippen molar-refractivity contribution in [3.05, 3.63) is 71.8 Å². The highest BCUT2D eigenvalue weighted by Gasteiger charge is 2.36. The van der Waals surface area contributed by atoms with E-state index in [1.54, 1.807) is 0 Å². The Morgan fingerprint density at radius 1 is 0.955 bits per heavy atom. The predicted octanol–water partition coefficient (Wildman–Crippen LogP) is 3.03. The smallest absolute Gasteiger partial charge is 0.330 e. The summed E-state index contributed by atoms with van der Waals surface area (Å²) in [6, 6.07) is 18.9. The zero-order valence-corrected chi connectivity index (χ0v) is 13.4. The first-order chi connectivity index (χ1) is 10.4. The van der Waals surface area contributed by atoms with Crippen LogP contribution in [0.3, 0.4) is 0 Å². The van der Waals surface area contributed by atoms with Gasteiger partial charge in [0.1, 0.15) is 0 Å². The molecular weight excluding hydrogens is 299 g/mol. The first kappa shape index (κ1) is 16.9. The fraction of sp³-hybridized carbons (Fsp3) is 0.294. The van der Waals surface area contributed by atoms with Gasteiger partial charge < -0.3 is 14.5 Å². The largest absolute Gasteiger partial charge is 0.389 e. The van der Waals surface area contributed by atoms with Gasteiger partial charge in [0.25, 0.3) is 0 Å². The molecule has 0 aliphatic rings. The van der Waals surface area contributed by atoms with Gasteiger partial charge in [0.05, 0.1) is 11.8 Å². The van der Waals surface area contributed by atoms with Crippen molar-refractivity contribution in [2.75, 3.05) is 13.3 Å². The Kier molecular flexibility index (Phi) is 5.54. The van der Waals surface area contributed by atoms with Crippen molar-refractivity contribution in [2.24, 2.45) is 0 Å². The van der Waals surface area contributed by atoms with Crippen molar-refractivity contribution in [2.45, 2.75) is 18.4 Å².